The molecule has 1 saturated heterocycles. The molecule has 3 N–H and O–H groups in total. The SMILES string of the molecule is O=C(O)C(F)(F)F.c1ccc(-n2nccc2CNc2ccc(C3CCNCC3)cc2)cc1. The van der Waals surface area contributed by atoms with Crippen LogP contribution in [0.4, 0.5) is 18.9 Å². The minimum Gasteiger partial charge on any atom is -0.475 e. The van der Waals surface area contributed by atoms with E-state index < -0.39 is 12.1 Å². The number of nitrogens with zero attached hydrogens (tertiary/aromatic N) is 2. The third kappa shape index (κ3) is 6.58. The number of anilines is 1. The molecule has 1 aromatic heterocycles. The van der Waals surface area contributed by atoms with Gasteiger partial charge in [-0.3, -0.25) is 0 Å². The summed E-state index contributed by atoms with van der Waals surface area (Å²) in [4.78, 5) is 8.90. The smallest absolute Gasteiger partial charge is 0.475 e. The summed E-state index contributed by atoms with van der Waals surface area (Å²) in [6.07, 6.45) is -0.754. The molecule has 0 aliphatic carbocycles. The number of aromatic nitrogens is 2. The third-order valence-electron chi connectivity index (χ3n) is 5.16. The summed E-state index contributed by atoms with van der Waals surface area (Å²) in [6, 6.07) is 21.2. The number of hydrogen-bond donors (Lipinski definition) is 3. The number of alkyl halides is 3. The largest absolute Gasteiger partial charge is 0.490 e. The minimum atomic E-state index is -5.08. The minimum absolute atomic E-state index is 0.704. The Morgan fingerprint density at radius 2 is 1.69 bits per heavy atom. The number of benzene rings is 2. The zero-order valence-corrected chi connectivity index (χ0v) is 17.3. The lowest BCUT2D eigenvalue weighted by molar-refractivity contribution is -0.192. The van der Waals surface area contributed by atoms with E-state index in [-0.39, 0.29) is 0 Å². The Morgan fingerprint density at radius 3 is 2.28 bits per heavy atom. The van der Waals surface area contributed by atoms with E-state index in [1.807, 2.05) is 29.1 Å². The van der Waals surface area contributed by atoms with Crippen molar-refractivity contribution in [1.82, 2.24) is 15.1 Å². The highest BCUT2D eigenvalue weighted by Crippen LogP contribution is 2.26. The summed E-state index contributed by atoms with van der Waals surface area (Å²) in [5.41, 5.74) is 4.85. The summed E-state index contributed by atoms with van der Waals surface area (Å²) in [5, 5.41) is 18.5. The lowest BCUT2D eigenvalue weighted by atomic mass is 9.90. The highest BCUT2D eigenvalue weighted by atomic mass is 19.4. The summed E-state index contributed by atoms with van der Waals surface area (Å²) < 4.78 is 33.7. The Labute approximate surface area is 184 Å². The van der Waals surface area contributed by atoms with Gasteiger partial charge in [0.05, 0.1) is 17.9 Å². The van der Waals surface area contributed by atoms with Crippen LogP contribution in [0.15, 0.2) is 66.9 Å². The lowest BCUT2D eigenvalue weighted by Crippen LogP contribution is -2.26. The van der Waals surface area contributed by atoms with Crippen LogP contribution >= 0.6 is 0 Å². The fourth-order valence-corrected chi connectivity index (χ4v) is 3.49. The molecule has 2 aromatic carbocycles. The molecule has 170 valence electrons. The highest BCUT2D eigenvalue weighted by molar-refractivity contribution is 5.73. The highest BCUT2D eigenvalue weighted by Gasteiger charge is 2.38. The monoisotopic (exact) mass is 446 g/mol. The maximum absolute atomic E-state index is 10.6. The van der Waals surface area contributed by atoms with E-state index in [0.29, 0.717) is 5.92 Å². The van der Waals surface area contributed by atoms with Gasteiger partial charge in [-0.15, -0.1) is 0 Å². The Bertz CT molecular complexity index is 982. The van der Waals surface area contributed by atoms with Crippen molar-refractivity contribution in [3.63, 3.8) is 0 Å². The molecule has 0 spiro atoms. The van der Waals surface area contributed by atoms with Gasteiger partial charge in [0.2, 0.25) is 0 Å². The van der Waals surface area contributed by atoms with E-state index in [1.54, 1.807) is 0 Å². The van der Waals surface area contributed by atoms with Crippen LogP contribution in [0.3, 0.4) is 0 Å². The molecule has 0 radical (unpaired) electrons. The van der Waals surface area contributed by atoms with E-state index in [9.17, 15) is 13.2 Å². The number of carboxylic acid groups (broad SMARTS) is 1. The molecule has 3 aromatic rings. The van der Waals surface area contributed by atoms with E-state index in [0.717, 1.165) is 36.7 Å². The number of piperidine rings is 1. The van der Waals surface area contributed by atoms with Crippen LogP contribution < -0.4 is 10.6 Å². The average Bonchev–Trinajstić information content (AvgIpc) is 3.28. The van der Waals surface area contributed by atoms with Crippen molar-refractivity contribution in [2.24, 2.45) is 0 Å². The van der Waals surface area contributed by atoms with Gasteiger partial charge in [0.25, 0.3) is 0 Å². The summed E-state index contributed by atoms with van der Waals surface area (Å²) in [5.74, 6) is -2.05. The first-order valence-corrected chi connectivity index (χ1v) is 10.3. The van der Waals surface area contributed by atoms with Crippen molar-refractivity contribution in [1.29, 1.82) is 0 Å². The zero-order valence-electron chi connectivity index (χ0n) is 17.3. The molecule has 0 amide bonds. The quantitative estimate of drug-likeness (QED) is 0.535. The van der Waals surface area contributed by atoms with Crippen LogP contribution in [0.5, 0.6) is 0 Å². The molecule has 32 heavy (non-hydrogen) atoms. The van der Waals surface area contributed by atoms with E-state index >= 15 is 0 Å². The van der Waals surface area contributed by atoms with Gasteiger partial charge < -0.3 is 15.7 Å². The Balaban J connectivity index is 0.000000360. The second-order valence-electron chi connectivity index (χ2n) is 7.37. The molecule has 0 atom stereocenters. The van der Waals surface area contributed by atoms with E-state index in [2.05, 4.69) is 58.2 Å². The summed E-state index contributed by atoms with van der Waals surface area (Å²) >= 11 is 0. The second-order valence-corrected chi connectivity index (χ2v) is 7.37. The first kappa shape index (κ1) is 23.3. The van der Waals surface area contributed by atoms with Crippen LogP contribution in [-0.4, -0.2) is 40.1 Å². The molecular formula is C23H25F3N4O2. The standard InChI is InChI=1S/C21H24N4.C2HF3O2/c1-2-4-20(5-3-1)25-21(12-15-24-25)16-23-19-8-6-17(7-9-19)18-10-13-22-14-11-18;3-2(4,5)1(6)7/h1-9,12,15,18,22-23H,10-11,13-14,16H2;(H,6,7). The predicted molar refractivity (Wildman–Crippen MR) is 116 cm³/mol. The van der Waals surface area contributed by atoms with Crippen LogP contribution in [0.1, 0.15) is 30.0 Å². The molecule has 0 unspecified atom stereocenters. The van der Waals surface area contributed by atoms with Gasteiger partial charge in [-0.25, -0.2) is 9.48 Å². The molecule has 9 heteroatoms. The van der Waals surface area contributed by atoms with Crippen LogP contribution in [0.25, 0.3) is 5.69 Å². The Hall–Kier alpha value is -3.33. The van der Waals surface area contributed by atoms with Gasteiger partial charge in [0, 0.05) is 11.9 Å². The number of nitrogens with one attached hydrogen (secondary N) is 2. The molecule has 0 bridgehead atoms. The average molecular weight is 446 g/mol. The van der Waals surface area contributed by atoms with Crippen molar-refractivity contribution in [2.45, 2.75) is 31.5 Å². The van der Waals surface area contributed by atoms with E-state index in [4.69, 9.17) is 9.90 Å². The van der Waals surface area contributed by atoms with Crippen LogP contribution in [0.2, 0.25) is 0 Å². The predicted octanol–water partition coefficient (Wildman–Crippen LogP) is 4.58. The Kier molecular flexibility index (Phi) is 7.88. The molecule has 2 heterocycles. The molecule has 1 aliphatic rings. The van der Waals surface area contributed by atoms with Gasteiger partial charge in [-0.2, -0.15) is 18.3 Å². The first-order chi connectivity index (χ1) is 15.3. The fourth-order valence-electron chi connectivity index (χ4n) is 3.49. The molecule has 6 nitrogen and oxygen atoms in total. The van der Waals surface area contributed by atoms with Crippen molar-refractivity contribution in [3.8, 4) is 5.69 Å². The van der Waals surface area contributed by atoms with Crippen LogP contribution in [-0.2, 0) is 11.3 Å². The van der Waals surface area contributed by atoms with Gasteiger partial charge in [0.1, 0.15) is 0 Å². The number of hydrogen-bond acceptors (Lipinski definition) is 4. The molecular weight excluding hydrogens is 421 g/mol. The van der Waals surface area contributed by atoms with Gasteiger partial charge in [-0.1, -0.05) is 30.3 Å². The summed E-state index contributed by atoms with van der Waals surface area (Å²) in [7, 11) is 0. The fraction of sp³-hybridized carbons (Fsp3) is 0.304. The second kappa shape index (κ2) is 10.8. The van der Waals surface area contributed by atoms with Gasteiger partial charge in [0.15, 0.2) is 0 Å². The molecule has 0 saturated carbocycles. The summed E-state index contributed by atoms with van der Waals surface area (Å²) in [6.45, 7) is 3.02. The van der Waals surface area contributed by atoms with Crippen LogP contribution in [0, 0.1) is 0 Å². The lowest BCUT2D eigenvalue weighted by Gasteiger charge is -2.23. The number of halogens is 3. The Morgan fingerprint density at radius 1 is 1.06 bits per heavy atom. The van der Waals surface area contributed by atoms with E-state index in [1.165, 1.54) is 18.4 Å². The number of carboxylic acids is 1. The van der Waals surface area contributed by atoms with Crippen molar-refractivity contribution < 1.29 is 23.1 Å². The number of para-hydroxylation sites is 1. The maximum Gasteiger partial charge on any atom is 0.490 e. The number of aliphatic carboxylic acids is 1. The number of carbonyl (C=O) groups is 1. The maximum atomic E-state index is 10.6. The van der Waals surface area contributed by atoms with Crippen molar-refractivity contribution >= 4 is 11.7 Å². The third-order valence-corrected chi connectivity index (χ3v) is 5.16. The first-order valence-electron chi connectivity index (χ1n) is 10.3. The normalized spacial score (nSPS) is 14.3. The molecule has 1 fully saturated rings. The number of rotatable bonds is 5. The molecule has 4 rings (SSSR count). The van der Waals surface area contributed by atoms with Crippen molar-refractivity contribution in [2.75, 3.05) is 18.4 Å². The molecule has 1 aliphatic heterocycles. The van der Waals surface area contributed by atoms with Crippen molar-refractivity contribution in [3.05, 3.63) is 78.1 Å². The van der Waals surface area contributed by atoms with Gasteiger partial charge in [-0.05, 0) is 67.7 Å². The van der Waals surface area contributed by atoms with Gasteiger partial charge >= 0.3 is 12.1 Å². The zero-order chi connectivity index (χ0) is 23.0. The topological polar surface area (TPSA) is 79.2 Å².